The van der Waals surface area contributed by atoms with Gasteiger partial charge in [-0.3, -0.25) is 20.4 Å². The molecular weight excluding hydrogens is 330 g/mol. The van der Waals surface area contributed by atoms with Crippen LogP contribution in [0.5, 0.6) is 5.75 Å². The van der Waals surface area contributed by atoms with Crippen molar-refractivity contribution in [1.82, 2.24) is 10.9 Å². The monoisotopic (exact) mass is 347 g/mol. The number of hydrogen-bond donors (Lipinski definition) is 2. The number of benzene rings is 2. The SMILES string of the molecule is CN(C)c1cccc(C(=O)NNC(=O)COc2cccc(Cl)c2)c1. The molecule has 126 valence electrons. The minimum atomic E-state index is -0.480. The Kier molecular flexibility index (Phi) is 6.03. The van der Waals surface area contributed by atoms with Gasteiger partial charge < -0.3 is 9.64 Å². The van der Waals surface area contributed by atoms with Crippen LogP contribution in [-0.2, 0) is 4.79 Å². The first-order valence-electron chi connectivity index (χ1n) is 7.20. The highest BCUT2D eigenvalue weighted by molar-refractivity contribution is 6.30. The van der Waals surface area contributed by atoms with E-state index in [1.807, 2.05) is 25.1 Å². The molecule has 2 amide bonds. The van der Waals surface area contributed by atoms with Crippen molar-refractivity contribution in [2.75, 3.05) is 25.6 Å². The Bertz CT molecular complexity index is 735. The van der Waals surface area contributed by atoms with Crippen LogP contribution < -0.4 is 20.5 Å². The van der Waals surface area contributed by atoms with E-state index in [0.717, 1.165) is 5.69 Å². The number of ether oxygens (including phenoxy) is 1. The molecule has 6 nitrogen and oxygen atoms in total. The zero-order chi connectivity index (χ0) is 17.5. The topological polar surface area (TPSA) is 70.7 Å². The van der Waals surface area contributed by atoms with Gasteiger partial charge in [-0.15, -0.1) is 0 Å². The molecule has 24 heavy (non-hydrogen) atoms. The van der Waals surface area contributed by atoms with Gasteiger partial charge in [0.2, 0.25) is 0 Å². The van der Waals surface area contributed by atoms with E-state index in [0.29, 0.717) is 16.3 Å². The third-order valence-electron chi connectivity index (χ3n) is 3.11. The second kappa shape index (κ2) is 8.21. The zero-order valence-electron chi connectivity index (χ0n) is 13.4. The predicted octanol–water partition coefficient (Wildman–Crippen LogP) is 2.25. The molecule has 2 N–H and O–H groups in total. The van der Waals surface area contributed by atoms with Crippen LogP contribution in [0.25, 0.3) is 0 Å². The molecule has 0 bridgehead atoms. The van der Waals surface area contributed by atoms with Crippen LogP contribution in [0.15, 0.2) is 48.5 Å². The normalized spacial score (nSPS) is 9.96. The number of anilines is 1. The smallest absolute Gasteiger partial charge is 0.276 e. The largest absolute Gasteiger partial charge is 0.484 e. The Balaban J connectivity index is 1.83. The summed E-state index contributed by atoms with van der Waals surface area (Å²) in [6, 6.07) is 13.7. The minimum Gasteiger partial charge on any atom is -0.484 e. The van der Waals surface area contributed by atoms with E-state index in [1.54, 1.807) is 42.5 Å². The number of carbonyl (C=O) groups excluding carboxylic acids is 2. The standard InChI is InChI=1S/C17H18ClN3O3/c1-21(2)14-7-3-5-12(9-14)17(23)20-19-16(22)11-24-15-8-4-6-13(18)10-15/h3-10H,11H2,1-2H3,(H,19,22)(H,20,23). The lowest BCUT2D eigenvalue weighted by Gasteiger charge is -2.13. The lowest BCUT2D eigenvalue weighted by Crippen LogP contribution is -2.43. The molecule has 7 heteroatoms. The quantitative estimate of drug-likeness (QED) is 0.814. The third-order valence-corrected chi connectivity index (χ3v) is 3.34. The average Bonchev–Trinajstić information content (AvgIpc) is 2.58. The molecule has 2 aromatic rings. The fraction of sp³-hybridized carbons (Fsp3) is 0.176. The number of hydrazine groups is 1. The van der Waals surface area contributed by atoms with Crippen LogP contribution in [0.3, 0.4) is 0 Å². The molecule has 0 saturated carbocycles. The lowest BCUT2D eigenvalue weighted by atomic mass is 10.2. The molecule has 0 spiro atoms. The molecule has 0 radical (unpaired) electrons. The summed E-state index contributed by atoms with van der Waals surface area (Å²) >= 11 is 5.82. The van der Waals surface area contributed by atoms with Crippen molar-refractivity contribution in [3.05, 3.63) is 59.1 Å². The number of nitrogens with one attached hydrogen (secondary N) is 2. The summed E-state index contributed by atoms with van der Waals surface area (Å²) in [5.41, 5.74) is 5.98. The van der Waals surface area contributed by atoms with Gasteiger partial charge in [0.1, 0.15) is 5.75 Å². The van der Waals surface area contributed by atoms with Crippen molar-refractivity contribution in [3.8, 4) is 5.75 Å². The summed E-state index contributed by atoms with van der Waals surface area (Å²) in [4.78, 5) is 25.6. The number of rotatable bonds is 5. The number of hydrogen-bond acceptors (Lipinski definition) is 4. The minimum absolute atomic E-state index is 0.238. The summed E-state index contributed by atoms with van der Waals surface area (Å²) < 4.78 is 5.28. The van der Waals surface area contributed by atoms with E-state index < -0.39 is 11.8 Å². The maximum absolute atomic E-state index is 12.0. The molecule has 0 aliphatic carbocycles. The van der Waals surface area contributed by atoms with Crippen molar-refractivity contribution in [2.45, 2.75) is 0 Å². The Morgan fingerprint density at radius 2 is 1.83 bits per heavy atom. The Morgan fingerprint density at radius 1 is 1.08 bits per heavy atom. The summed E-state index contributed by atoms with van der Waals surface area (Å²) in [5, 5.41) is 0.516. The van der Waals surface area contributed by atoms with Crippen LogP contribution in [0.4, 0.5) is 5.69 Å². The highest BCUT2D eigenvalue weighted by Gasteiger charge is 2.09. The van der Waals surface area contributed by atoms with Gasteiger partial charge in [-0.05, 0) is 36.4 Å². The molecule has 2 aromatic carbocycles. The van der Waals surface area contributed by atoms with Gasteiger partial charge in [0.05, 0.1) is 0 Å². The number of carbonyl (C=O) groups is 2. The summed E-state index contributed by atoms with van der Waals surface area (Å²) in [6.45, 7) is -0.238. The summed E-state index contributed by atoms with van der Waals surface area (Å²) in [6.07, 6.45) is 0. The molecule has 0 aliphatic rings. The molecule has 0 fully saturated rings. The molecule has 0 aromatic heterocycles. The van der Waals surface area contributed by atoms with E-state index in [1.165, 1.54) is 0 Å². The Labute approximate surface area is 145 Å². The van der Waals surface area contributed by atoms with Crippen LogP contribution in [-0.4, -0.2) is 32.5 Å². The molecule has 0 saturated heterocycles. The zero-order valence-corrected chi connectivity index (χ0v) is 14.1. The van der Waals surface area contributed by atoms with Gasteiger partial charge in [-0.1, -0.05) is 23.7 Å². The number of halogens is 1. The first-order chi connectivity index (χ1) is 11.5. The molecular formula is C17H18ClN3O3. The molecule has 0 atom stereocenters. The van der Waals surface area contributed by atoms with Crippen LogP contribution in [0, 0.1) is 0 Å². The van der Waals surface area contributed by atoms with Gasteiger partial charge in [0.15, 0.2) is 6.61 Å². The Morgan fingerprint density at radius 3 is 2.54 bits per heavy atom. The third kappa shape index (κ3) is 5.17. The summed E-state index contributed by atoms with van der Waals surface area (Å²) in [5.74, 6) is -0.412. The molecule has 0 aliphatic heterocycles. The van der Waals surface area contributed by atoms with Gasteiger partial charge in [-0.25, -0.2) is 0 Å². The maximum atomic E-state index is 12.0. The lowest BCUT2D eigenvalue weighted by molar-refractivity contribution is -0.123. The first-order valence-corrected chi connectivity index (χ1v) is 7.58. The van der Waals surface area contributed by atoms with Crippen LogP contribution >= 0.6 is 11.6 Å². The highest BCUT2D eigenvalue weighted by atomic mass is 35.5. The summed E-state index contributed by atoms with van der Waals surface area (Å²) in [7, 11) is 3.76. The van der Waals surface area contributed by atoms with Gasteiger partial charge in [-0.2, -0.15) is 0 Å². The Hall–Kier alpha value is -2.73. The van der Waals surface area contributed by atoms with E-state index in [2.05, 4.69) is 10.9 Å². The highest BCUT2D eigenvalue weighted by Crippen LogP contribution is 2.16. The van der Waals surface area contributed by atoms with Gasteiger partial charge in [0, 0.05) is 30.4 Å². The van der Waals surface area contributed by atoms with Crippen molar-refractivity contribution >= 4 is 29.1 Å². The second-order valence-electron chi connectivity index (χ2n) is 5.19. The second-order valence-corrected chi connectivity index (χ2v) is 5.63. The van der Waals surface area contributed by atoms with E-state index in [9.17, 15) is 9.59 Å². The molecule has 2 rings (SSSR count). The predicted molar refractivity (Wildman–Crippen MR) is 93.3 cm³/mol. The van der Waals surface area contributed by atoms with Crippen LogP contribution in [0.1, 0.15) is 10.4 Å². The fourth-order valence-electron chi connectivity index (χ4n) is 1.87. The van der Waals surface area contributed by atoms with Crippen LogP contribution in [0.2, 0.25) is 5.02 Å². The fourth-order valence-corrected chi connectivity index (χ4v) is 2.05. The number of nitrogens with zero attached hydrogens (tertiary/aromatic N) is 1. The van der Waals surface area contributed by atoms with Crippen molar-refractivity contribution in [3.63, 3.8) is 0 Å². The van der Waals surface area contributed by atoms with Crippen molar-refractivity contribution in [2.24, 2.45) is 0 Å². The maximum Gasteiger partial charge on any atom is 0.276 e. The van der Waals surface area contributed by atoms with E-state index >= 15 is 0 Å². The molecule has 0 unspecified atom stereocenters. The van der Waals surface area contributed by atoms with Crippen molar-refractivity contribution < 1.29 is 14.3 Å². The van der Waals surface area contributed by atoms with E-state index in [-0.39, 0.29) is 6.61 Å². The first kappa shape index (κ1) is 17.6. The molecule has 0 heterocycles. The van der Waals surface area contributed by atoms with Gasteiger partial charge >= 0.3 is 0 Å². The van der Waals surface area contributed by atoms with E-state index in [4.69, 9.17) is 16.3 Å². The number of amides is 2. The van der Waals surface area contributed by atoms with Gasteiger partial charge in [0.25, 0.3) is 11.8 Å². The van der Waals surface area contributed by atoms with Crippen molar-refractivity contribution in [1.29, 1.82) is 0 Å². The average molecular weight is 348 g/mol.